The molecule has 0 aliphatic carbocycles. The van der Waals surface area contributed by atoms with Gasteiger partial charge < -0.3 is 14.1 Å². The number of aryl methyl sites for hydroxylation is 1. The Morgan fingerprint density at radius 2 is 2.17 bits per heavy atom. The molecule has 0 atom stereocenters. The van der Waals surface area contributed by atoms with Crippen molar-refractivity contribution in [1.29, 1.82) is 0 Å². The highest BCUT2D eigenvalue weighted by molar-refractivity contribution is 5.91. The monoisotopic (exact) mass is 255 g/mol. The first-order valence-corrected chi connectivity index (χ1v) is 5.14. The number of nitrogens with zero attached hydrogens (tertiary/aromatic N) is 1. The number of esters is 1. The number of carbonyl (C=O) groups excluding carboxylic acids is 2. The van der Waals surface area contributed by atoms with Crippen molar-refractivity contribution in [2.75, 3.05) is 14.2 Å². The maximum absolute atomic E-state index is 12.6. The van der Waals surface area contributed by atoms with Gasteiger partial charge in [0.25, 0.3) is 5.91 Å². The normalized spacial score (nSPS) is 10.0. The number of methoxy groups -OCH3 is 1. The molecule has 0 saturated carbocycles. The molecule has 0 saturated heterocycles. The Kier molecular flexibility index (Phi) is 4.25. The highest BCUT2D eigenvalue weighted by Crippen LogP contribution is 2.17. The number of amides is 1. The lowest BCUT2D eigenvalue weighted by Gasteiger charge is -2.13. The smallest absolute Gasteiger partial charge is 0.341 e. The topological polar surface area (TPSA) is 59.8 Å². The van der Waals surface area contributed by atoms with Crippen LogP contribution in [0.15, 0.2) is 22.9 Å². The van der Waals surface area contributed by atoms with Crippen molar-refractivity contribution in [2.45, 2.75) is 13.5 Å². The molecule has 1 amide bonds. The molecule has 0 aliphatic heterocycles. The van der Waals surface area contributed by atoms with Gasteiger partial charge in [0.05, 0.1) is 13.7 Å². The van der Waals surface area contributed by atoms with Crippen molar-refractivity contribution < 1.29 is 23.1 Å². The first kappa shape index (κ1) is 14.0. The Morgan fingerprint density at radius 3 is 2.67 bits per heavy atom. The van der Waals surface area contributed by atoms with E-state index in [-0.39, 0.29) is 12.1 Å². The second-order valence-electron chi connectivity index (χ2n) is 3.74. The van der Waals surface area contributed by atoms with Crippen LogP contribution in [0, 0.1) is 6.92 Å². The lowest BCUT2D eigenvalue weighted by Crippen LogP contribution is -2.25. The highest BCUT2D eigenvalue weighted by Gasteiger charge is 2.18. The summed E-state index contributed by atoms with van der Waals surface area (Å²) in [6, 6.07) is 1.46. The van der Waals surface area contributed by atoms with Crippen LogP contribution in [0.4, 0.5) is 4.39 Å². The number of halogens is 1. The van der Waals surface area contributed by atoms with Crippen molar-refractivity contribution in [3.63, 3.8) is 0 Å². The fraction of sp³-hybridized carbons (Fsp3) is 0.333. The molecule has 0 spiro atoms. The van der Waals surface area contributed by atoms with Gasteiger partial charge in [-0.2, -0.15) is 0 Å². The predicted octanol–water partition coefficient (Wildman–Crippen LogP) is 1.82. The first-order valence-electron chi connectivity index (χ1n) is 5.14. The quantitative estimate of drug-likeness (QED) is 0.608. The van der Waals surface area contributed by atoms with E-state index in [1.165, 1.54) is 20.2 Å². The minimum absolute atomic E-state index is 0.0413. The average Bonchev–Trinajstić information content (AvgIpc) is 2.67. The lowest BCUT2D eigenvalue weighted by atomic mass is 10.2. The third-order valence-corrected chi connectivity index (χ3v) is 2.35. The van der Waals surface area contributed by atoms with Gasteiger partial charge in [-0.25, -0.2) is 9.18 Å². The third-order valence-electron chi connectivity index (χ3n) is 2.35. The Morgan fingerprint density at radius 1 is 1.56 bits per heavy atom. The van der Waals surface area contributed by atoms with E-state index in [0.717, 1.165) is 4.90 Å². The molecule has 0 unspecified atom stereocenters. The summed E-state index contributed by atoms with van der Waals surface area (Å²) in [5, 5.41) is 0. The van der Waals surface area contributed by atoms with E-state index in [1.54, 1.807) is 6.92 Å². The van der Waals surface area contributed by atoms with Crippen molar-refractivity contribution in [1.82, 2.24) is 4.90 Å². The minimum Gasteiger partial charge on any atom is -0.465 e. The zero-order chi connectivity index (χ0) is 13.9. The SMILES string of the molecule is C=C(F)C(=O)N(C)Cc1cc(C(=O)OC)c(C)o1. The van der Waals surface area contributed by atoms with Gasteiger partial charge in [-0.3, -0.25) is 4.79 Å². The van der Waals surface area contributed by atoms with Gasteiger partial charge in [-0.1, -0.05) is 6.58 Å². The zero-order valence-corrected chi connectivity index (χ0v) is 10.4. The van der Waals surface area contributed by atoms with Gasteiger partial charge in [0.2, 0.25) is 0 Å². The standard InChI is InChI=1S/C12H14FNO4/c1-7(13)11(15)14(3)6-9-5-10(8(2)18-9)12(16)17-4/h5H,1,6H2,2-4H3. The van der Waals surface area contributed by atoms with Crippen LogP contribution in [0.3, 0.4) is 0 Å². The van der Waals surface area contributed by atoms with Crippen LogP contribution < -0.4 is 0 Å². The minimum atomic E-state index is -1.05. The Hall–Kier alpha value is -2.11. The van der Waals surface area contributed by atoms with E-state index in [0.29, 0.717) is 11.5 Å². The first-order chi connectivity index (χ1) is 8.36. The second-order valence-corrected chi connectivity index (χ2v) is 3.74. The third kappa shape index (κ3) is 2.97. The van der Waals surface area contributed by atoms with E-state index in [4.69, 9.17) is 4.42 Å². The van der Waals surface area contributed by atoms with Gasteiger partial charge in [-0.05, 0) is 13.0 Å². The molecule has 18 heavy (non-hydrogen) atoms. The molecule has 1 aromatic heterocycles. The average molecular weight is 255 g/mol. The summed E-state index contributed by atoms with van der Waals surface area (Å²) in [5.74, 6) is -1.65. The van der Waals surface area contributed by atoms with E-state index in [2.05, 4.69) is 11.3 Å². The number of carbonyl (C=O) groups is 2. The molecule has 0 radical (unpaired) electrons. The molecule has 1 aromatic rings. The number of furan rings is 1. The largest absolute Gasteiger partial charge is 0.465 e. The highest BCUT2D eigenvalue weighted by atomic mass is 19.1. The van der Waals surface area contributed by atoms with Crippen molar-refractivity contribution >= 4 is 11.9 Å². The summed E-state index contributed by atoms with van der Waals surface area (Å²) < 4.78 is 22.5. The second kappa shape index (κ2) is 5.48. The van der Waals surface area contributed by atoms with E-state index in [1.807, 2.05) is 0 Å². The molecule has 5 nitrogen and oxygen atoms in total. The maximum Gasteiger partial charge on any atom is 0.341 e. The summed E-state index contributed by atoms with van der Waals surface area (Å²) >= 11 is 0. The number of ether oxygens (including phenoxy) is 1. The maximum atomic E-state index is 12.6. The van der Waals surface area contributed by atoms with Crippen molar-refractivity contribution in [2.24, 2.45) is 0 Å². The van der Waals surface area contributed by atoms with Crippen LogP contribution >= 0.6 is 0 Å². The van der Waals surface area contributed by atoms with Gasteiger partial charge in [0.1, 0.15) is 17.1 Å². The van der Waals surface area contributed by atoms with Gasteiger partial charge >= 0.3 is 5.97 Å². The Labute approximate surface area is 104 Å². The molecule has 0 N–H and O–H groups in total. The molecule has 0 bridgehead atoms. The molecule has 0 aliphatic rings. The van der Waals surface area contributed by atoms with E-state index >= 15 is 0 Å². The van der Waals surface area contributed by atoms with Gasteiger partial charge in [-0.15, -0.1) is 0 Å². The molecule has 1 heterocycles. The van der Waals surface area contributed by atoms with Crippen molar-refractivity contribution in [3.05, 3.63) is 35.6 Å². The molecule has 0 fully saturated rings. The van der Waals surface area contributed by atoms with E-state index < -0.39 is 17.7 Å². The number of hydrogen-bond donors (Lipinski definition) is 0. The van der Waals surface area contributed by atoms with Crippen LogP contribution in [0.5, 0.6) is 0 Å². The predicted molar refractivity (Wildman–Crippen MR) is 61.5 cm³/mol. The van der Waals surface area contributed by atoms with Crippen LogP contribution in [-0.2, 0) is 16.1 Å². The molecule has 1 rings (SSSR count). The molecule has 6 heteroatoms. The number of likely N-dealkylation sites (N-methyl/N-ethyl adjacent to an activating group) is 1. The summed E-state index contributed by atoms with van der Waals surface area (Å²) in [6.07, 6.45) is 0. The summed E-state index contributed by atoms with van der Waals surface area (Å²) in [7, 11) is 2.67. The molecular formula is C12H14FNO4. The fourth-order valence-electron chi connectivity index (χ4n) is 1.45. The van der Waals surface area contributed by atoms with Crippen LogP contribution in [0.1, 0.15) is 21.9 Å². The summed E-state index contributed by atoms with van der Waals surface area (Å²) in [4.78, 5) is 23.7. The van der Waals surface area contributed by atoms with Crippen molar-refractivity contribution in [3.8, 4) is 0 Å². The zero-order valence-electron chi connectivity index (χ0n) is 10.4. The van der Waals surface area contributed by atoms with Crippen LogP contribution in [-0.4, -0.2) is 30.9 Å². The molecule has 98 valence electrons. The fourth-order valence-corrected chi connectivity index (χ4v) is 1.45. The van der Waals surface area contributed by atoms with Gasteiger partial charge in [0, 0.05) is 7.05 Å². The molecule has 0 aromatic carbocycles. The van der Waals surface area contributed by atoms with Crippen LogP contribution in [0.25, 0.3) is 0 Å². The Bertz CT molecular complexity index is 492. The van der Waals surface area contributed by atoms with Crippen LogP contribution in [0.2, 0.25) is 0 Å². The number of hydrogen-bond acceptors (Lipinski definition) is 4. The summed E-state index contributed by atoms with van der Waals surface area (Å²) in [6.45, 7) is 4.56. The Balaban J connectivity index is 2.84. The summed E-state index contributed by atoms with van der Waals surface area (Å²) in [5.41, 5.74) is 0.285. The van der Waals surface area contributed by atoms with E-state index in [9.17, 15) is 14.0 Å². The molecular weight excluding hydrogens is 241 g/mol. The lowest BCUT2D eigenvalue weighted by molar-refractivity contribution is -0.128. The van der Waals surface area contributed by atoms with Gasteiger partial charge in [0.15, 0.2) is 5.83 Å². The number of rotatable bonds is 4.